The number of aryl methyl sites for hydroxylation is 1. The predicted molar refractivity (Wildman–Crippen MR) is 130 cm³/mol. The number of cyclic esters (lactones) is 1. The van der Waals surface area contributed by atoms with Crippen LogP contribution in [0.1, 0.15) is 26.4 Å². The monoisotopic (exact) mass is 473 g/mol. The van der Waals surface area contributed by atoms with Crippen LogP contribution in [0.3, 0.4) is 0 Å². The summed E-state index contributed by atoms with van der Waals surface area (Å²) in [5.74, 6) is -0.609. The minimum atomic E-state index is -0.569. The second-order valence-electron chi connectivity index (χ2n) is 7.37. The second kappa shape index (κ2) is 8.65. The molecule has 0 N–H and O–H groups in total. The Labute approximate surface area is 198 Å². The Morgan fingerprint density at radius 3 is 2.67 bits per heavy atom. The predicted octanol–water partition coefficient (Wildman–Crippen LogP) is 6.43. The SMILES string of the molecule is Cc1cccc(C2=N/C(=C/c3ccccc3OC(=O)c3sc4ccccc4c3Cl)C(=O)O2)c1. The molecule has 3 aromatic carbocycles. The molecule has 1 aliphatic heterocycles. The molecule has 5 nitrogen and oxygen atoms in total. The molecule has 0 radical (unpaired) electrons. The molecule has 0 saturated carbocycles. The van der Waals surface area contributed by atoms with Crippen LogP contribution in [-0.4, -0.2) is 17.8 Å². The maximum Gasteiger partial charge on any atom is 0.363 e. The molecule has 0 fully saturated rings. The van der Waals surface area contributed by atoms with E-state index in [1.54, 1.807) is 30.3 Å². The van der Waals surface area contributed by atoms with Gasteiger partial charge in [-0.25, -0.2) is 14.6 Å². The maximum absolute atomic E-state index is 12.9. The van der Waals surface area contributed by atoms with Gasteiger partial charge in [0.25, 0.3) is 0 Å². The molecule has 4 aromatic rings. The van der Waals surface area contributed by atoms with Crippen molar-refractivity contribution in [3.63, 3.8) is 0 Å². The van der Waals surface area contributed by atoms with Crippen LogP contribution < -0.4 is 4.74 Å². The molecule has 0 amide bonds. The first-order valence-corrected chi connectivity index (χ1v) is 11.3. The number of hydrogen-bond acceptors (Lipinski definition) is 6. The zero-order chi connectivity index (χ0) is 22.9. The number of rotatable bonds is 4. The highest BCUT2D eigenvalue weighted by Gasteiger charge is 2.25. The van der Waals surface area contributed by atoms with E-state index >= 15 is 0 Å². The second-order valence-corrected chi connectivity index (χ2v) is 8.80. The van der Waals surface area contributed by atoms with Crippen LogP contribution in [0.4, 0.5) is 0 Å². The summed E-state index contributed by atoms with van der Waals surface area (Å²) < 4.78 is 11.9. The highest BCUT2D eigenvalue weighted by atomic mass is 35.5. The smallest absolute Gasteiger partial charge is 0.363 e. The Hall–Kier alpha value is -3.74. The number of carbonyl (C=O) groups excluding carboxylic acids is 2. The zero-order valence-corrected chi connectivity index (χ0v) is 18.9. The summed E-state index contributed by atoms with van der Waals surface area (Å²) in [7, 11) is 0. The van der Waals surface area contributed by atoms with Crippen LogP contribution in [-0.2, 0) is 9.53 Å². The number of hydrogen-bond donors (Lipinski definition) is 0. The molecule has 0 atom stereocenters. The minimum Gasteiger partial charge on any atom is -0.422 e. The number of nitrogens with zero attached hydrogens (tertiary/aromatic N) is 1. The van der Waals surface area contributed by atoms with Gasteiger partial charge in [0.2, 0.25) is 5.90 Å². The summed E-state index contributed by atoms with van der Waals surface area (Å²) in [4.78, 5) is 30.0. The van der Waals surface area contributed by atoms with Gasteiger partial charge in [0.05, 0.1) is 5.02 Å². The van der Waals surface area contributed by atoms with E-state index in [1.165, 1.54) is 11.3 Å². The fraction of sp³-hybridized carbons (Fsp3) is 0.0385. The summed E-state index contributed by atoms with van der Waals surface area (Å²) >= 11 is 7.69. The van der Waals surface area contributed by atoms with E-state index in [0.29, 0.717) is 21.0 Å². The lowest BCUT2D eigenvalue weighted by atomic mass is 10.1. The number of ether oxygens (including phenoxy) is 2. The van der Waals surface area contributed by atoms with E-state index in [2.05, 4.69) is 4.99 Å². The number of halogens is 1. The van der Waals surface area contributed by atoms with Crippen LogP contribution in [0, 0.1) is 6.92 Å². The third-order valence-corrected chi connectivity index (χ3v) is 6.68. The van der Waals surface area contributed by atoms with Crippen LogP contribution in [0.15, 0.2) is 83.5 Å². The lowest BCUT2D eigenvalue weighted by Crippen LogP contribution is -2.08. The van der Waals surface area contributed by atoms with Crippen molar-refractivity contribution in [2.24, 2.45) is 4.99 Å². The van der Waals surface area contributed by atoms with Gasteiger partial charge in [-0.1, -0.05) is 65.7 Å². The van der Waals surface area contributed by atoms with E-state index in [4.69, 9.17) is 21.1 Å². The van der Waals surface area contributed by atoms with Crippen LogP contribution in [0.2, 0.25) is 5.02 Å². The average Bonchev–Trinajstić information content (AvgIpc) is 3.35. The van der Waals surface area contributed by atoms with Gasteiger partial charge in [0.1, 0.15) is 10.6 Å². The van der Waals surface area contributed by atoms with Gasteiger partial charge in [-0.2, -0.15) is 0 Å². The van der Waals surface area contributed by atoms with Gasteiger partial charge in [0, 0.05) is 21.2 Å². The van der Waals surface area contributed by atoms with E-state index in [1.807, 2.05) is 55.5 Å². The molecule has 33 heavy (non-hydrogen) atoms. The first-order valence-electron chi connectivity index (χ1n) is 10.1. The zero-order valence-electron chi connectivity index (χ0n) is 17.4. The average molecular weight is 474 g/mol. The minimum absolute atomic E-state index is 0.120. The van der Waals surface area contributed by atoms with Crippen molar-refractivity contribution in [3.8, 4) is 5.75 Å². The first kappa shape index (κ1) is 21.1. The highest BCUT2D eigenvalue weighted by Crippen LogP contribution is 2.36. The quantitative estimate of drug-likeness (QED) is 0.195. The molecule has 5 rings (SSSR count). The number of para-hydroxylation sites is 1. The van der Waals surface area contributed by atoms with E-state index in [-0.39, 0.29) is 17.3 Å². The van der Waals surface area contributed by atoms with Crippen LogP contribution in [0.25, 0.3) is 16.2 Å². The molecule has 0 unspecified atom stereocenters. The van der Waals surface area contributed by atoms with Crippen molar-refractivity contribution in [3.05, 3.63) is 105 Å². The lowest BCUT2D eigenvalue weighted by molar-refractivity contribution is -0.129. The summed E-state index contributed by atoms with van der Waals surface area (Å²) in [6.45, 7) is 1.95. The summed E-state index contributed by atoms with van der Waals surface area (Å²) in [6, 6.07) is 21.9. The van der Waals surface area contributed by atoms with Gasteiger partial charge < -0.3 is 9.47 Å². The van der Waals surface area contributed by atoms with Gasteiger partial charge in [-0.3, -0.25) is 0 Å². The standard InChI is InChI=1S/C26H16ClNO4S/c1-15-7-6-9-17(13-15)24-28-19(25(29)32-24)14-16-8-2-4-11-20(16)31-26(30)23-22(27)18-10-3-5-12-21(18)33-23/h2-14H,1H3/b19-14+. The van der Waals surface area contributed by atoms with Crippen LogP contribution >= 0.6 is 22.9 Å². The number of esters is 2. The number of benzene rings is 3. The van der Waals surface area contributed by atoms with Crippen LogP contribution in [0.5, 0.6) is 5.75 Å². The fourth-order valence-electron chi connectivity index (χ4n) is 3.44. The lowest BCUT2D eigenvalue weighted by Gasteiger charge is -2.07. The molecule has 162 valence electrons. The molecule has 1 aliphatic rings. The highest BCUT2D eigenvalue weighted by molar-refractivity contribution is 7.21. The van der Waals surface area contributed by atoms with Gasteiger partial charge in [0.15, 0.2) is 5.70 Å². The van der Waals surface area contributed by atoms with Gasteiger partial charge in [-0.15, -0.1) is 11.3 Å². The Morgan fingerprint density at radius 1 is 1.06 bits per heavy atom. The van der Waals surface area contributed by atoms with Crippen molar-refractivity contribution in [2.75, 3.05) is 0 Å². The normalized spacial score (nSPS) is 14.4. The number of fused-ring (bicyclic) bond motifs is 1. The van der Waals surface area contributed by atoms with Gasteiger partial charge >= 0.3 is 11.9 Å². The first-order chi connectivity index (χ1) is 16.0. The van der Waals surface area contributed by atoms with E-state index in [9.17, 15) is 9.59 Å². The molecule has 0 spiro atoms. The van der Waals surface area contributed by atoms with E-state index in [0.717, 1.165) is 15.6 Å². The molecule has 0 aliphatic carbocycles. The Morgan fingerprint density at radius 2 is 1.85 bits per heavy atom. The summed E-state index contributed by atoms with van der Waals surface area (Å²) in [6.07, 6.45) is 1.54. The van der Waals surface area contributed by atoms with Crippen molar-refractivity contribution < 1.29 is 19.1 Å². The molecule has 2 heterocycles. The molecule has 7 heteroatoms. The molecule has 1 aromatic heterocycles. The Kier molecular flexibility index (Phi) is 5.54. The topological polar surface area (TPSA) is 65.0 Å². The van der Waals surface area contributed by atoms with E-state index < -0.39 is 11.9 Å². The van der Waals surface area contributed by atoms with Crippen molar-refractivity contribution >= 4 is 56.9 Å². The third kappa shape index (κ3) is 4.18. The summed E-state index contributed by atoms with van der Waals surface area (Å²) in [5, 5.41) is 1.17. The molecule has 0 saturated heterocycles. The van der Waals surface area contributed by atoms with Crippen molar-refractivity contribution in [1.29, 1.82) is 0 Å². The molecule has 0 bridgehead atoms. The third-order valence-electron chi connectivity index (χ3n) is 5.02. The van der Waals surface area contributed by atoms with Crippen molar-refractivity contribution in [2.45, 2.75) is 6.92 Å². The summed E-state index contributed by atoms with van der Waals surface area (Å²) in [5.41, 5.74) is 2.38. The number of carbonyl (C=O) groups is 2. The number of thiophene rings is 1. The molecular formula is C26H16ClNO4S. The number of aliphatic imine (C=N–C) groups is 1. The Bertz CT molecular complexity index is 1480. The van der Waals surface area contributed by atoms with Crippen molar-refractivity contribution in [1.82, 2.24) is 0 Å². The fourth-order valence-corrected chi connectivity index (χ4v) is 4.83. The van der Waals surface area contributed by atoms with Gasteiger partial charge in [-0.05, 0) is 37.3 Å². The molecular weight excluding hydrogens is 458 g/mol. The largest absolute Gasteiger partial charge is 0.422 e. The Balaban J connectivity index is 1.45. The maximum atomic E-state index is 12.9.